The summed E-state index contributed by atoms with van der Waals surface area (Å²) in [5.74, 6) is 3.70. The highest BCUT2D eigenvalue weighted by atomic mass is 35.5. The zero-order chi connectivity index (χ0) is 23.5. The van der Waals surface area contributed by atoms with Gasteiger partial charge in [0.25, 0.3) is 0 Å². The highest BCUT2D eigenvalue weighted by molar-refractivity contribution is 7.98. The molecule has 5 rings (SSSR count). The van der Waals surface area contributed by atoms with Crippen molar-refractivity contribution in [3.05, 3.63) is 76.5 Å². The zero-order valence-electron chi connectivity index (χ0n) is 18.4. The molecule has 0 aliphatic carbocycles. The Bertz CT molecular complexity index is 1340. The third kappa shape index (κ3) is 4.91. The molecule has 0 N–H and O–H groups in total. The van der Waals surface area contributed by atoms with Crippen molar-refractivity contribution in [2.45, 2.75) is 31.0 Å². The Morgan fingerprint density at radius 3 is 2.94 bits per heavy atom. The Balaban J connectivity index is 1.26. The van der Waals surface area contributed by atoms with Crippen LogP contribution in [-0.4, -0.2) is 26.5 Å². The second-order valence-corrected chi connectivity index (χ2v) is 9.73. The highest BCUT2D eigenvalue weighted by Gasteiger charge is 2.17. The molecule has 0 fully saturated rings. The van der Waals surface area contributed by atoms with Crippen LogP contribution in [-0.2, 0) is 18.9 Å². The third-order valence-electron chi connectivity index (χ3n) is 5.12. The molecule has 0 amide bonds. The van der Waals surface area contributed by atoms with Crippen molar-refractivity contribution < 1.29 is 14.2 Å². The first-order chi connectivity index (χ1) is 16.6. The van der Waals surface area contributed by atoms with Crippen LogP contribution in [0.3, 0.4) is 0 Å². The van der Waals surface area contributed by atoms with E-state index in [9.17, 15) is 0 Å². The van der Waals surface area contributed by atoms with Crippen LogP contribution in [0.4, 0.5) is 0 Å². The summed E-state index contributed by atoms with van der Waals surface area (Å²) in [6.07, 6.45) is 1.82. The second-order valence-electron chi connectivity index (χ2n) is 7.50. The lowest BCUT2D eigenvalue weighted by Crippen LogP contribution is -2.08. The maximum absolute atomic E-state index is 6.04. The summed E-state index contributed by atoms with van der Waals surface area (Å²) in [5, 5.41) is 13.2. The summed E-state index contributed by atoms with van der Waals surface area (Å²) in [4.78, 5) is 4.78. The molecule has 2 aromatic heterocycles. The number of aromatic nitrogens is 4. The molecule has 0 radical (unpaired) electrons. The molecule has 4 aromatic rings. The summed E-state index contributed by atoms with van der Waals surface area (Å²) in [5.41, 5.74) is 2.96. The standard InChI is InChI=1S/C24H21ClN4O3S2/c1-3-8-29-22(11-30-19-7-5-17(25)9-15(19)2)27-28-24(29)34-13-18-12-33-23(26-18)16-4-6-20-21(10-16)32-14-31-20/h3-7,9-10,12H,1,8,11,13-14H2,2H3. The fourth-order valence-corrected chi connectivity index (χ4v) is 5.44. The number of aryl methyl sites for hydroxylation is 1. The van der Waals surface area contributed by atoms with Crippen LogP contribution in [0.2, 0.25) is 5.02 Å². The van der Waals surface area contributed by atoms with Crippen molar-refractivity contribution in [1.29, 1.82) is 0 Å². The number of hydrogen-bond donors (Lipinski definition) is 0. The van der Waals surface area contributed by atoms with Crippen molar-refractivity contribution in [3.8, 4) is 27.8 Å². The van der Waals surface area contributed by atoms with Crippen molar-refractivity contribution >= 4 is 34.7 Å². The van der Waals surface area contributed by atoms with E-state index in [2.05, 4.69) is 22.2 Å². The minimum atomic E-state index is 0.260. The monoisotopic (exact) mass is 512 g/mol. The first-order valence-corrected chi connectivity index (χ1v) is 12.7. The number of ether oxygens (including phenoxy) is 3. The number of fused-ring (bicyclic) bond motifs is 1. The molecule has 10 heteroatoms. The number of thioether (sulfide) groups is 1. The van der Waals surface area contributed by atoms with Crippen LogP contribution in [0.1, 0.15) is 17.1 Å². The average Bonchev–Trinajstić information content (AvgIpc) is 3.57. The fourth-order valence-electron chi connectivity index (χ4n) is 3.44. The van der Waals surface area contributed by atoms with Crippen molar-refractivity contribution in [1.82, 2.24) is 19.7 Å². The number of benzene rings is 2. The van der Waals surface area contributed by atoms with Crippen LogP contribution in [0.25, 0.3) is 10.6 Å². The Hall–Kier alpha value is -3.01. The lowest BCUT2D eigenvalue weighted by atomic mass is 10.2. The lowest BCUT2D eigenvalue weighted by Gasteiger charge is -2.10. The van der Waals surface area contributed by atoms with E-state index in [1.165, 1.54) is 0 Å². The van der Waals surface area contributed by atoms with E-state index in [-0.39, 0.29) is 6.79 Å². The minimum absolute atomic E-state index is 0.260. The largest absolute Gasteiger partial charge is 0.485 e. The molecular formula is C24H21ClN4O3S2. The van der Waals surface area contributed by atoms with E-state index < -0.39 is 0 Å². The van der Waals surface area contributed by atoms with Crippen molar-refractivity contribution in [2.24, 2.45) is 0 Å². The summed E-state index contributed by atoms with van der Waals surface area (Å²) in [6.45, 7) is 6.98. The lowest BCUT2D eigenvalue weighted by molar-refractivity contribution is 0.174. The zero-order valence-corrected chi connectivity index (χ0v) is 20.8. The van der Waals surface area contributed by atoms with Gasteiger partial charge in [0.05, 0.1) is 5.69 Å². The number of hydrogen-bond acceptors (Lipinski definition) is 8. The fraction of sp³-hybridized carbons (Fsp3) is 0.208. The van der Waals surface area contributed by atoms with E-state index in [4.69, 9.17) is 30.8 Å². The summed E-state index contributed by atoms with van der Waals surface area (Å²) >= 11 is 9.22. The smallest absolute Gasteiger partial charge is 0.231 e. The number of allylic oxidation sites excluding steroid dienone is 1. The molecule has 0 spiro atoms. The molecule has 174 valence electrons. The van der Waals surface area contributed by atoms with Crippen LogP contribution < -0.4 is 14.2 Å². The average molecular weight is 513 g/mol. The number of thiazole rings is 1. The van der Waals surface area contributed by atoms with E-state index in [0.717, 1.165) is 50.1 Å². The van der Waals surface area contributed by atoms with Gasteiger partial charge in [-0.1, -0.05) is 29.4 Å². The molecular weight excluding hydrogens is 492 g/mol. The van der Waals surface area contributed by atoms with Crippen LogP contribution in [0, 0.1) is 6.92 Å². The maximum Gasteiger partial charge on any atom is 0.231 e. The second kappa shape index (κ2) is 10.1. The van der Waals surface area contributed by atoms with Gasteiger partial charge in [0, 0.05) is 28.3 Å². The SMILES string of the molecule is C=CCn1c(COc2ccc(Cl)cc2C)nnc1SCc1csc(-c2ccc3c(c2)OCO3)n1. The first kappa shape index (κ1) is 22.8. The number of halogens is 1. The van der Waals surface area contributed by atoms with E-state index in [1.54, 1.807) is 23.1 Å². The quantitative estimate of drug-likeness (QED) is 0.197. The third-order valence-corrected chi connectivity index (χ3v) is 7.29. The normalized spacial score (nSPS) is 12.2. The Morgan fingerprint density at radius 2 is 2.09 bits per heavy atom. The molecule has 1 aliphatic rings. The maximum atomic E-state index is 6.04. The van der Waals surface area contributed by atoms with Gasteiger partial charge in [0.1, 0.15) is 17.4 Å². The predicted molar refractivity (Wildman–Crippen MR) is 134 cm³/mol. The first-order valence-electron chi connectivity index (χ1n) is 10.5. The molecule has 3 heterocycles. The molecule has 1 aliphatic heterocycles. The topological polar surface area (TPSA) is 71.3 Å². The van der Waals surface area contributed by atoms with Crippen LogP contribution in [0.15, 0.2) is 59.6 Å². The van der Waals surface area contributed by atoms with Gasteiger partial charge in [-0.25, -0.2) is 4.98 Å². The van der Waals surface area contributed by atoms with E-state index >= 15 is 0 Å². The molecule has 34 heavy (non-hydrogen) atoms. The van der Waals surface area contributed by atoms with Crippen molar-refractivity contribution in [3.63, 3.8) is 0 Å². The predicted octanol–water partition coefficient (Wildman–Crippen LogP) is 6.15. The molecule has 0 unspecified atom stereocenters. The molecule has 2 aromatic carbocycles. The number of nitrogens with zero attached hydrogens (tertiary/aromatic N) is 4. The van der Waals surface area contributed by atoms with E-state index in [0.29, 0.717) is 23.9 Å². The van der Waals surface area contributed by atoms with Gasteiger partial charge in [0.2, 0.25) is 6.79 Å². The Kier molecular flexibility index (Phi) is 6.75. The van der Waals surface area contributed by atoms with Gasteiger partial charge in [-0.2, -0.15) is 0 Å². The minimum Gasteiger partial charge on any atom is -0.485 e. The molecule has 7 nitrogen and oxygen atoms in total. The van der Waals surface area contributed by atoms with Gasteiger partial charge in [-0.3, -0.25) is 4.57 Å². The van der Waals surface area contributed by atoms with Gasteiger partial charge >= 0.3 is 0 Å². The Labute approximate surface area is 210 Å². The molecule has 0 bridgehead atoms. The summed E-state index contributed by atoms with van der Waals surface area (Å²) in [6, 6.07) is 11.4. The van der Waals surface area contributed by atoms with Gasteiger partial charge in [0.15, 0.2) is 22.5 Å². The van der Waals surface area contributed by atoms with Gasteiger partial charge < -0.3 is 14.2 Å². The molecule has 0 saturated heterocycles. The molecule has 0 atom stereocenters. The summed E-state index contributed by atoms with van der Waals surface area (Å²) in [7, 11) is 0. The highest BCUT2D eigenvalue weighted by Crippen LogP contribution is 2.37. The van der Waals surface area contributed by atoms with Crippen LogP contribution in [0.5, 0.6) is 17.2 Å². The van der Waals surface area contributed by atoms with Gasteiger partial charge in [-0.05, 0) is 48.9 Å². The number of rotatable bonds is 9. The van der Waals surface area contributed by atoms with Gasteiger partial charge in [-0.15, -0.1) is 28.1 Å². The van der Waals surface area contributed by atoms with E-state index in [1.807, 2.05) is 54.0 Å². The van der Waals surface area contributed by atoms with Crippen molar-refractivity contribution in [2.75, 3.05) is 6.79 Å². The molecule has 0 saturated carbocycles. The Morgan fingerprint density at radius 1 is 1.21 bits per heavy atom. The van der Waals surface area contributed by atoms with Crippen LogP contribution >= 0.6 is 34.7 Å². The summed E-state index contributed by atoms with van der Waals surface area (Å²) < 4.78 is 18.8.